The van der Waals surface area contributed by atoms with Crippen LogP contribution in [0, 0.1) is 13.8 Å². The normalized spacial score (nSPS) is 10.9. The summed E-state index contributed by atoms with van der Waals surface area (Å²) in [7, 11) is 2.89. The van der Waals surface area contributed by atoms with Gasteiger partial charge in [0.1, 0.15) is 16.3 Å². The summed E-state index contributed by atoms with van der Waals surface area (Å²) < 4.78 is 15.2. The summed E-state index contributed by atoms with van der Waals surface area (Å²) >= 11 is 1.35. The van der Waals surface area contributed by atoms with Gasteiger partial charge in [-0.3, -0.25) is 4.79 Å². The lowest BCUT2D eigenvalue weighted by Gasteiger charge is -2.08. The number of ether oxygens (including phenoxy) is 3. The van der Waals surface area contributed by atoms with Crippen LogP contribution in [0.25, 0.3) is 17.2 Å². The van der Waals surface area contributed by atoms with E-state index in [1.165, 1.54) is 24.5 Å². The van der Waals surface area contributed by atoms with Crippen LogP contribution in [0.15, 0.2) is 54.6 Å². The van der Waals surface area contributed by atoms with Gasteiger partial charge >= 0.3 is 5.97 Å². The minimum atomic E-state index is -0.490. The average molecular weight is 452 g/mol. The molecule has 0 aliphatic rings. The first-order chi connectivity index (χ1) is 15.4. The van der Waals surface area contributed by atoms with Crippen LogP contribution >= 0.6 is 11.3 Å². The number of hydrogen-bond donors (Lipinski definition) is 1. The highest BCUT2D eigenvalue weighted by atomic mass is 32.1. The molecule has 0 radical (unpaired) electrons. The van der Waals surface area contributed by atoms with Crippen molar-refractivity contribution < 1.29 is 23.8 Å². The molecule has 166 valence electrons. The summed E-state index contributed by atoms with van der Waals surface area (Å²) in [5, 5.41) is 3.29. The van der Waals surface area contributed by atoms with E-state index < -0.39 is 5.97 Å². The van der Waals surface area contributed by atoms with E-state index in [0.717, 1.165) is 27.1 Å². The predicted molar refractivity (Wildman–Crippen MR) is 127 cm³/mol. The maximum atomic E-state index is 12.6. The first kappa shape index (κ1) is 23.2. The Morgan fingerprint density at radius 3 is 2.31 bits per heavy atom. The van der Waals surface area contributed by atoms with Crippen molar-refractivity contribution >= 4 is 34.3 Å². The Morgan fingerprint density at radius 1 is 1.00 bits per heavy atom. The Morgan fingerprint density at radius 2 is 1.69 bits per heavy atom. The fourth-order valence-electron chi connectivity index (χ4n) is 3.12. The molecule has 6 nitrogen and oxygen atoms in total. The van der Waals surface area contributed by atoms with Gasteiger partial charge in [-0.25, -0.2) is 4.79 Å². The number of hydrogen-bond acceptors (Lipinski definition) is 6. The molecule has 1 aromatic heterocycles. The summed E-state index contributed by atoms with van der Waals surface area (Å²) in [5.41, 5.74) is 3.99. The fraction of sp³-hybridized carbons (Fsp3) is 0.200. The van der Waals surface area contributed by atoms with Gasteiger partial charge in [0.15, 0.2) is 6.79 Å². The largest absolute Gasteiger partial charge is 0.468 e. The van der Waals surface area contributed by atoms with Crippen LogP contribution in [-0.4, -0.2) is 32.9 Å². The first-order valence-electron chi connectivity index (χ1n) is 9.92. The minimum Gasteiger partial charge on any atom is -0.468 e. The Balaban J connectivity index is 1.81. The zero-order valence-corrected chi connectivity index (χ0v) is 19.2. The van der Waals surface area contributed by atoms with Crippen molar-refractivity contribution in [3.8, 4) is 16.9 Å². The van der Waals surface area contributed by atoms with Gasteiger partial charge in [-0.15, -0.1) is 11.3 Å². The molecule has 0 aliphatic heterocycles. The lowest BCUT2D eigenvalue weighted by atomic mass is 10.0. The Labute approximate surface area is 191 Å². The Bertz CT molecular complexity index is 1110. The Kier molecular flexibility index (Phi) is 7.81. The summed E-state index contributed by atoms with van der Waals surface area (Å²) in [4.78, 5) is 26.1. The van der Waals surface area contributed by atoms with E-state index >= 15 is 0 Å². The molecule has 7 heteroatoms. The third-order valence-corrected chi connectivity index (χ3v) is 5.72. The quantitative estimate of drug-likeness (QED) is 0.280. The maximum Gasteiger partial charge on any atom is 0.341 e. The topological polar surface area (TPSA) is 73.9 Å². The summed E-state index contributed by atoms with van der Waals surface area (Å²) in [6.45, 7) is 4.10. The van der Waals surface area contributed by atoms with Crippen LogP contribution < -0.4 is 10.1 Å². The van der Waals surface area contributed by atoms with Crippen molar-refractivity contribution in [3.63, 3.8) is 0 Å². The third-order valence-electron chi connectivity index (χ3n) is 4.70. The molecular weight excluding hydrogens is 426 g/mol. The summed E-state index contributed by atoms with van der Waals surface area (Å²) in [6, 6.07) is 15.1. The zero-order chi connectivity index (χ0) is 23.1. The van der Waals surface area contributed by atoms with Crippen molar-refractivity contribution in [2.24, 2.45) is 0 Å². The molecule has 3 rings (SSSR count). The molecule has 1 N–H and O–H groups in total. The number of nitrogens with one attached hydrogen (secondary N) is 1. The van der Waals surface area contributed by atoms with E-state index in [4.69, 9.17) is 14.2 Å². The number of amides is 1. The molecule has 0 unspecified atom stereocenters. The monoisotopic (exact) mass is 451 g/mol. The highest BCUT2D eigenvalue weighted by Crippen LogP contribution is 2.40. The van der Waals surface area contributed by atoms with Crippen molar-refractivity contribution in [1.29, 1.82) is 0 Å². The zero-order valence-electron chi connectivity index (χ0n) is 18.4. The van der Waals surface area contributed by atoms with Crippen LogP contribution in [-0.2, 0) is 14.3 Å². The maximum absolute atomic E-state index is 12.6. The Hall–Kier alpha value is -3.42. The SMILES string of the molecule is COCOc1ccc(/C=C/C(=O)Nc2sc(C)c(-c3ccc(C)cc3)c2C(=O)OC)cc1. The van der Waals surface area contributed by atoms with E-state index in [9.17, 15) is 9.59 Å². The van der Waals surface area contributed by atoms with Crippen LogP contribution in [0.5, 0.6) is 5.75 Å². The molecule has 3 aromatic rings. The second-order valence-electron chi connectivity index (χ2n) is 7.04. The molecule has 0 atom stereocenters. The van der Waals surface area contributed by atoms with Gasteiger partial charge in [-0.2, -0.15) is 0 Å². The van der Waals surface area contributed by atoms with Crippen molar-refractivity contribution in [2.45, 2.75) is 13.8 Å². The van der Waals surface area contributed by atoms with Crippen LogP contribution in [0.1, 0.15) is 26.4 Å². The van der Waals surface area contributed by atoms with E-state index in [-0.39, 0.29) is 12.7 Å². The molecule has 0 saturated heterocycles. The van der Waals surface area contributed by atoms with Gasteiger partial charge in [0.25, 0.3) is 0 Å². The standard InChI is InChI=1S/C25H25NO5S/c1-16-5-10-19(11-6-16)22-17(2)32-24(23(22)25(28)30-4)26-21(27)14-9-18-7-12-20(13-8-18)31-15-29-3/h5-14H,15H2,1-4H3,(H,26,27)/b14-9+. The molecule has 1 heterocycles. The lowest BCUT2D eigenvalue weighted by Crippen LogP contribution is -2.11. The summed E-state index contributed by atoms with van der Waals surface area (Å²) in [5.74, 6) is -0.156. The van der Waals surface area contributed by atoms with Gasteiger partial charge in [-0.1, -0.05) is 42.0 Å². The summed E-state index contributed by atoms with van der Waals surface area (Å²) in [6.07, 6.45) is 3.11. The smallest absolute Gasteiger partial charge is 0.341 e. The lowest BCUT2D eigenvalue weighted by molar-refractivity contribution is -0.111. The number of methoxy groups -OCH3 is 2. The molecule has 0 aliphatic carbocycles. The van der Waals surface area contributed by atoms with Crippen molar-refractivity contribution in [2.75, 3.05) is 26.3 Å². The number of carbonyl (C=O) groups excluding carboxylic acids is 2. The van der Waals surface area contributed by atoms with E-state index in [2.05, 4.69) is 5.32 Å². The molecule has 0 fully saturated rings. The number of esters is 1. The number of anilines is 1. The molecule has 0 bridgehead atoms. The first-order valence-corrected chi connectivity index (χ1v) is 10.7. The third kappa shape index (κ3) is 5.63. The predicted octanol–water partition coefficient (Wildman–Crippen LogP) is 5.45. The number of benzene rings is 2. The van der Waals surface area contributed by atoms with Gasteiger partial charge in [0.2, 0.25) is 5.91 Å². The fourth-order valence-corrected chi connectivity index (χ4v) is 4.19. The van der Waals surface area contributed by atoms with Gasteiger partial charge in [-0.05, 0) is 43.2 Å². The average Bonchev–Trinajstić information content (AvgIpc) is 3.12. The van der Waals surface area contributed by atoms with Gasteiger partial charge in [0, 0.05) is 23.6 Å². The van der Waals surface area contributed by atoms with E-state index in [1.54, 1.807) is 25.3 Å². The molecule has 32 heavy (non-hydrogen) atoms. The molecular formula is C25H25NO5S. The highest BCUT2D eigenvalue weighted by Gasteiger charge is 2.24. The number of aryl methyl sites for hydroxylation is 2. The van der Waals surface area contributed by atoms with Gasteiger partial charge < -0.3 is 19.5 Å². The highest BCUT2D eigenvalue weighted by molar-refractivity contribution is 7.17. The van der Waals surface area contributed by atoms with Crippen molar-refractivity contribution in [1.82, 2.24) is 0 Å². The van der Waals surface area contributed by atoms with Gasteiger partial charge in [0.05, 0.1) is 7.11 Å². The van der Waals surface area contributed by atoms with Crippen LogP contribution in [0.3, 0.4) is 0 Å². The van der Waals surface area contributed by atoms with Crippen LogP contribution in [0.4, 0.5) is 5.00 Å². The van der Waals surface area contributed by atoms with Crippen molar-refractivity contribution in [3.05, 3.63) is 76.2 Å². The molecule has 1 amide bonds. The molecule has 0 spiro atoms. The van der Waals surface area contributed by atoms with E-state index in [0.29, 0.717) is 16.3 Å². The number of carbonyl (C=O) groups is 2. The molecule has 2 aromatic carbocycles. The van der Waals surface area contributed by atoms with Crippen LogP contribution in [0.2, 0.25) is 0 Å². The second kappa shape index (κ2) is 10.7. The minimum absolute atomic E-state index is 0.172. The molecule has 0 saturated carbocycles. The number of rotatable bonds is 8. The second-order valence-corrected chi connectivity index (χ2v) is 8.26. The number of thiophene rings is 1. The van der Waals surface area contributed by atoms with E-state index in [1.807, 2.05) is 50.2 Å².